The predicted molar refractivity (Wildman–Crippen MR) is 142 cm³/mol. The Kier molecular flexibility index (Phi) is 12.5. The van der Waals surface area contributed by atoms with E-state index in [1.54, 1.807) is 0 Å². The third kappa shape index (κ3) is 10.7. The molecular weight excluding hydrogens is 524 g/mol. The molecular formula is C25H36N8O7. The molecule has 0 saturated carbocycles. The number of unbranched alkanes of at least 4 members (excludes halogenated alkanes) is 1. The molecule has 1 aromatic heterocycles. The van der Waals surface area contributed by atoms with Crippen LogP contribution < -0.4 is 33.2 Å². The number of aliphatic carboxylic acids is 1. The summed E-state index contributed by atoms with van der Waals surface area (Å²) >= 11 is 0. The molecule has 218 valence electrons. The first kappa shape index (κ1) is 31.7. The Hall–Kier alpha value is -4.50. The van der Waals surface area contributed by atoms with Gasteiger partial charge in [0.25, 0.3) is 0 Å². The number of aromatic nitrogens is 2. The normalized spacial score (nSPS) is 13.8. The lowest BCUT2D eigenvalue weighted by molar-refractivity contribution is -0.142. The van der Waals surface area contributed by atoms with E-state index in [0.29, 0.717) is 30.6 Å². The molecule has 1 aromatic carbocycles. The molecule has 0 fully saturated rings. The number of nitrogens with two attached hydrogens (primary N) is 3. The van der Waals surface area contributed by atoms with Crippen molar-refractivity contribution >= 4 is 29.6 Å². The molecule has 15 heteroatoms. The second-order valence-electron chi connectivity index (χ2n) is 9.23. The number of benzene rings is 1. The Morgan fingerprint density at radius 1 is 0.900 bits per heavy atom. The summed E-state index contributed by atoms with van der Waals surface area (Å²) in [5.74, 6) is -4.66. The number of hydrogen-bond acceptors (Lipinski definition) is 9. The highest BCUT2D eigenvalue weighted by molar-refractivity contribution is 5.96. The zero-order valence-corrected chi connectivity index (χ0v) is 21.8. The van der Waals surface area contributed by atoms with Crippen LogP contribution in [0.25, 0.3) is 0 Å². The van der Waals surface area contributed by atoms with Crippen LogP contribution >= 0.6 is 0 Å². The number of nitrogens with one attached hydrogen (secondary N) is 4. The smallest absolute Gasteiger partial charge is 0.326 e. The van der Waals surface area contributed by atoms with Crippen LogP contribution in [0.1, 0.15) is 36.9 Å². The van der Waals surface area contributed by atoms with Crippen LogP contribution in [0.15, 0.2) is 36.8 Å². The number of H-pyrrole nitrogens is 1. The van der Waals surface area contributed by atoms with Gasteiger partial charge in [-0.05, 0) is 43.5 Å². The van der Waals surface area contributed by atoms with Crippen molar-refractivity contribution in [1.29, 1.82) is 0 Å². The van der Waals surface area contributed by atoms with Crippen LogP contribution in [0.4, 0.5) is 0 Å². The van der Waals surface area contributed by atoms with Gasteiger partial charge in [0, 0.05) is 24.7 Å². The molecule has 4 atom stereocenters. The molecule has 12 N–H and O–H groups in total. The Morgan fingerprint density at radius 2 is 1.52 bits per heavy atom. The summed E-state index contributed by atoms with van der Waals surface area (Å²) in [5, 5.41) is 26.3. The summed E-state index contributed by atoms with van der Waals surface area (Å²) in [7, 11) is 0. The number of imidazole rings is 1. The van der Waals surface area contributed by atoms with E-state index in [9.17, 15) is 34.2 Å². The minimum absolute atomic E-state index is 0.0146. The second kappa shape index (κ2) is 15.8. The van der Waals surface area contributed by atoms with E-state index in [4.69, 9.17) is 17.2 Å². The predicted octanol–water partition coefficient (Wildman–Crippen LogP) is -2.23. The lowest BCUT2D eigenvalue weighted by atomic mass is 10.0. The molecule has 0 aliphatic rings. The number of phenolic OH excluding ortho intramolecular Hbond substituents is 1. The van der Waals surface area contributed by atoms with Crippen molar-refractivity contribution in [2.75, 3.05) is 6.54 Å². The van der Waals surface area contributed by atoms with Gasteiger partial charge < -0.3 is 48.3 Å². The molecule has 4 unspecified atom stereocenters. The molecule has 2 aromatic rings. The van der Waals surface area contributed by atoms with Crippen molar-refractivity contribution in [2.24, 2.45) is 17.2 Å². The molecule has 4 amide bonds. The first-order chi connectivity index (χ1) is 19.0. The number of aromatic hydroxyl groups is 1. The third-order valence-corrected chi connectivity index (χ3v) is 5.94. The number of amides is 4. The highest BCUT2D eigenvalue weighted by atomic mass is 16.4. The zero-order valence-electron chi connectivity index (χ0n) is 21.8. The summed E-state index contributed by atoms with van der Waals surface area (Å²) in [6, 6.07) is 0.660. The van der Waals surface area contributed by atoms with Gasteiger partial charge in [0.2, 0.25) is 23.6 Å². The van der Waals surface area contributed by atoms with Crippen molar-refractivity contribution in [1.82, 2.24) is 25.9 Å². The standard InChI is InChI=1S/C25H36N8O7/c26-8-2-1-3-18(31-22(36)17(27)10-15-12-29-13-30-15)23(37)32-19(11-21(28)35)24(38)33-20(25(39)40)9-14-4-6-16(34)7-5-14/h4-7,12-13,17-20,34H,1-3,8-11,26-27H2,(H2,28,35)(H,29,30)(H,31,36)(H,32,37)(H,33,38)(H,39,40). The van der Waals surface area contributed by atoms with Gasteiger partial charge in [0.05, 0.1) is 18.8 Å². The molecule has 0 saturated heterocycles. The van der Waals surface area contributed by atoms with Crippen molar-refractivity contribution in [3.05, 3.63) is 48.0 Å². The highest BCUT2D eigenvalue weighted by Gasteiger charge is 2.31. The number of nitrogens with zero attached hydrogens (tertiary/aromatic N) is 1. The lowest BCUT2D eigenvalue weighted by Crippen LogP contribution is -2.58. The Labute approximate surface area is 230 Å². The van der Waals surface area contributed by atoms with Crippen LogP contribution in [-0.2, 0) is 36.8 Å². The monoisotopic (exact) mass is 560 g/mol. The van der Waals surface area contributed by atoms with Crippen LogP contribution in [0.2, 0.25) is 0 Å². The average molecular weight is 561 g/mol. The largest absolute Gasteiger partial charge is 0.508 e. The summed E-state index contributed by atoms with van der Waals surface area (Å²) in [6.07, 6.45) is 3.51. The van der Waals surface area contributed by atoms with E-state index >= 15 is 0 Å². The summed E-state index contributed by atoms with van der Waals surface area (Å²) in [6.45, 7) is 0.353. The Morgan fingerprint density at radius 3 is 2.10 bits per heavy atom. The van der Waals surface area contributed by atoms with E-state index in [2.05, 4.69) is 25.9 Å². The van der Waals surface area contributed by atoms with Gasteiger partial charge in [-0.2, -0.15) is 0 Å². The maximum absolute atomic E-state index is 13.2. The van der Waals surface area contributed by atoms with Crippen LogP contribution in [0.3, 0.4) is 0 Å². The molecule has 15 nitrogen and oxygen atoms in total. The number of hydrogen-bond donors (Lipinski definition) is 9. The van der Waals surface area contributed by atoms with Crippen LogP contribution in [-0.4, -0.2) is 80.5 Å². The molecule has 1 heterocycles. The number of phenols is 1. The molecule has 0 aliphatic carbocycles. The Balaban J connectivity index is 2.13. The molecule has 40 heavy (non-hydrogen) atoms. The fourth-order valence-electron chi connectivity index (χ4n) is 3.79. The zero-order chi connectivity index (χ0) is 29.7. The van der Waals surface area contributed by atoms with E-state index < -0.39 is 60.2 Å². The number of primary amides is 1. The van der Waals surface area contributed by atoms with E-state index in [1.165, 1.54) is 36.8 Å². The van der Waals surface area contributed by atoms with Gasteiger partial charge in [-0.15, -0.1) is 0 Å². The quantitative estimate of drug-likeness (QED) is 0.0939. The van der Waals surface area contributed by atoms with Gasteiger partial charge in [0.15, 0.2) is 0 Å². The number of carboxylic acids is 1. The van der Waals surface area contributed by atoms with E-state index in [0.717, 1.165) is 0 Å². The fraction of sp³-hybridized carbons (Fsp3) is 0.440. The van der Waals surface area contributed by atoms with Crippen molar-refractivity contribution < 1.29 is 34.2 Å². The van der Waals surface area contributed by atoms with E-state index in [1.807, 2.05) is 0 Å². The minimum atomic E-state index is -1.51. The third-order valence-electron chi connectivity index (χ3n) is 5.94. The van der Waals surface area contributed by atoms with Gasteiger partial charge in [0.1, 0.15) is 23.9 Å². The van der Waals surface area contributed by atoms with Crippen molar-refractivity contribution in [3.8, 4) is 5.75 Å². The SMILES string of the molecule is NCCCCC(NC(=O)C(N)Cc1cnc[nH]1)C(=O)NC(CC(N)=O)C(=O)NC(Cc1ccc(O)cc1)C(=O)O. The molecule has 0 spiro atoms. The number of carbonyl (C=O) groups excluding carboxylic acids is 4. The van der Waals surface area contributed by atoms with Crippen LogP contribution in [0.5, 0.6) is 5.75 Å². The molecule has 0 bridgehead atoms. The molecule has 2 rings (SSSR count). The van der Waals surface area contributed by atoms with Gasteiger partial charge in [-0.3, -0.25) is 19.2 Å². The first-order valence-corrected chi connectivity index (χ1v) is 12.6. The van der Waals surface area contributed by atoms with Gasteiger partial charge >= 0.3 is 5.97 Å². The molecule has 0 radical (unpaired) electrons. The Bertz CT molecular complexity index is 1140. The number of rotatable bonds is 17. The number of carboxylic acid groups (broad SMARTS) is 1. The maximum Gasteiger partial charge on any atom is 0.326 e. The number of carbonyl (C=O) groups is 5. The topological polar surface area (TPSA) is 269 Å². The second-order valence-corrected chi connectivity index (χ2v) is 9.23. The van der Waals surface area contributed by atoms with Crippen molar-refractivity contribution in [2.45, 2.75) is 62.7 Å². The first-order valence-electron chi connectivity index (χ1n) is 12.6. The van der Waals surface area contributed by atoms with Gasteiger partial charge in [-0.25, -0.2) is 9.78 Å². The molecule has 0 aliphatic heterocycles. The van der Waals surface area contributed by atoms with E-state index in [-0.39, 0.29) is 25.0 Å². The summed E-state index contributed by atoms with van der Waals surface area (Å²) in [5.41, 5.74) is 17.9. The maximum atomic E-state index is 13.2. The van der Waals surface area contributed by atoms with Crippen LogP contribution in [0, 0.1) is 0 Å². The highest BCUT2D eigenvalue weighted by Crippen LogP contribution is 2.12. The lowest BCUT2D eigenvalue weighted by Gasteiger charge is -2.25. The fourth-order valence-corrected chi connectivity index (χ4v) is 3.79. The average Bonchev–Trinajstić information content (AvgIpc) is 3.41. The minimum Gasteiger partial charge on any atom is -0.508 e. The summed E-state index contributed by atoms with van der Waals surface area (Å²) < 4.78 is 0. The number of aromatic amines is 1. The summed E-state index contributed by atoms with van der Waals surface area (Å²) in [4.78, 5) is 69.1. The van der Waals surface area contributed by atoms with Gasteiger partial charge in [-0.1, -0.05) is 12.1 Å². The van der Waals surface area contributed by atoms with Crippen molar-refractivity contribution in [3.63, 3.8) is 0 Å².